The second-order valence-electron chi connectivity index (χ2n) is 5.13. The van der Waals surface area contributed by atoms with Gasteiger partial charge in [-0.1, -0.05) is 41.9 Å². The Labute approximate surface area is 132 Å². The summed E-state index contributed by atoms with van der Waals surface area (Å²) in [5.74, 6) is 0.948. The lowest BCUT2D eigenvalue weighted by molar-refractivity contribution is 0.331. The van der Waals surface area contributed by atoms with E-state index >= 15 is 0 Å². The summed E-state index contributed by atoms with van der Waals surface area (Å²) >= 11 is 5.94. The summed E-state index contributed by atoms with van der Waals surface area (Å²) in [6.45, 7) is 7.00. The molecular formula is C18H22ClNO. The van der Waals surface area contributed by atoms with Crippen LogP contribution < -0.4 is 10.1 Å². The zero-order chi connectivity index (χ0) is 15.2. The highest BCUT2D eigenvalue weighted by Gasteiger charge is 2.14. The van der Waals surface area contributed by atoms with E-state index in [1.165, 1.54) is 11.1 Å². The Hall–Kier alpha value is -1.51. The Morgan fingerprint density at radius 3 is 2.33 bits per heavy atom. The predicted molar refractivity (Wildman–Crippen MR) is 89.0 cm³/mol. The first-order valence-electron chi connectivity index (χ1n) is 7.35. The van der Waals surface area contributed by atoms with Crippen LogP contribution in [-0.2, 0) is 0 Å². The Balaban J connectivity index is 2.10. The number of nitrogens with one attached hydrogen (secondary N) is 1. The van der Waals surface area contributed by atoms with Gasteiger partial charge in [0.1, 0.15) is 5.75 Å². The Kier molecular flexibility index (Phi) is 5.66. The third-order valence-corrected chi connectivity index (χ3v) is 3.81. The van der Waals surface area contributed by atoms with Crippen LogP contribution in [0.25, 0.3) is 0 Å². The molecule has 2 aromatic carbocycles. The molecule has 2 atom stereocenters. The predicted octanol–water partition coefficient (Wildman–Crippen LogP) is 5.15. The lowest BCUT2D eigenvalue weighted by atomic mass is 10.0. The molecule has 0 radical (unpaired) electrons. The molecule has 0 aliphatic rings. The summed E-state index contributed by atoms with van der Waals surface area (Å²) in [4.78, 5) is 0. The molecule has 0 aliphatic carbocycles. The third-order valence-electron chi connectivity index (χ3n) is 3.56. The number of benzene rings is 2. The minimum absolute atomic E-state index is 0.207. The highest BCUT2D eigenvalue weighted by Crippen LogP contribution is 2.27. The molecule has 0 fully saturated rings. The Morgan fingerprint density at radius 2 is 1.67 bits per heavy atom. The second-order valence-corrected chi connectivity index (χ2v) is 5.57. The monoisotopic (exact) mass is 303 g/mol. The summed E-state index contributed by atoms with van der Waals surface area (Å²) in [6.07, 6.45) is 0. The molecule has 3 heteroatoms. The molecule has 0 aromatic heterocycles. The van der Waals surface area contributed by atoms with Crippen molar-refractivity contribution < 1.29 is 4.74 Å². The number of hydrogen-bond acceptors (Lipinski definition) is 2. The summed E-state index contributed by atoms with van der Waals surface area (Å²) in [6, 6.07) is 16.6. The highest BCUT2D eigenvalue weighted by molar-refractivity contribution is 6.30. The maximum absolute atomic E-state index is 5.94. The van der Waals surface area contributed by atoms with Gasteiger partial charge in [-0.05, 0) is 44.5 Å². The van der Waals surface area contributed by atoms with Crippen molar-refractivity contribution in [2.75, 3.05) is 6.61 Å². The molecular weight excluding hydrogens is 282 g/mol. The minimum atomic E-state index is 0.207. The first kappa shape index (κ1) is 15.9. The third kappa shape index (κ3) is 4.23. The molecule has 2 nitrogen and oxygen atoms in total. The van der Waals surface area contributed by atoms with Gasteiger partial charge in [0.05, 0.1) is 6.61 Å². The summed E-state index contributed by atoms with van der Waals surface area (Å²) in [5.41, 5.74) is 2.40. The van der Waals surface area contributed by atoms with Crippen LogP contribution in [0.15, 0.2) is 48.5 Å². The molecule has 0 bridgehead atoms. The van der Waals surface area contributed by atoms with Gasteiger partial charge in [-0.3, -0.25) is 0 Å². The number of hydrogen-bond donors (Lipinski definition) is 1. The molecule has 0 heterocycles. The van der Waals surface area contributed by atoms with Gasteiger partial charge in [0.2, 0.25) is 0 Å². The van der Waals surface area contributed by atoms with E-state index < -0.39 is 0 Å². The van der Waals surface area contributed by atoms with Crippen molar-refractivity contribution in [3.8, 4) is 5.75 Å². The fourth-order valence-electron chi connectivity index (χ4n) is 2.44. The van der Waals surface area contributed by atoms with Crippen molar-refractivity contribution >= 4 is 11.6 Å². The molecule has 0 spiro atoms. The van der Waals surface area contributed by atoms with E-state index in [-0.39, 0.29) is 12.1 Å². The molecule has 1 N–H and O–H groups in total. The summed E-state index contributed by atoms with van der Waals surface area (Å²) < 4.78 is 5.70. The van der Waals surface area contributed by atoms with Gasteiger partial charge >= 0.3 is 0 Å². The van der Waals surface area contributed by atoms with Crippen molar-refractivity contribution in [3.63, 3.8) is 0 Å². The normalized spacial score (nSPS) is 13.7. The molecule has 112 valence electrons. The maximum Gasteiger partial charge on any atom is 0.124 e. The zero-order valence-corrected chi connectivity index (χ0v) is 13.5. The quantitative estimate of drug-likeness (QED) is 0.796. The van der Waals surface area contributed by atoms with Crippen LogP contribution in [0.3, 0.4) is 0 Å². The average molecular weight is 304 g/mol. The molecule has 2 aromatic rings. The van der Waals surface area contributed by atoms with Crippen molar-refractivity contribution in [1.29, 1.82) is 0 Å². The van der Waals surface area contributed by atoms with Crippen molar-refractivity contribution in [1.82, 2.24) is 5.32 Å². The maximum atomic E-state index is 5.94. The molecule has 1 unspecified atom stereocenters. The van der Waals surface area contributed by atoms with Crippen molar-refractivity contribution in [3.05, 3.63) is 64.7 Å². The molecule has 0 aliphatic heterocycles. The Morgan fingerprint density at radius 1 is 1.00 bits per heavy atom. The number of halogens is 1. The molecule has 2 rings (SSSR count). The van der Waals surface area contributed by atoms with Crippen molar-refractivity contribution in [2.45, 2.75) is 32.9 Å². The van der Waals surface area contributed by atoms with Crippen LogP contribution in [0.5, 0.6) is 5.75 Å². The van der Waals surface area contributed by atoms with Gasteiger partial charge in [-0.25, -0.2) is 0 Å². The van der Waals surface area contributed by atoms with Crippen LogP contribution >= 0.6 is 11.6 Å². The smallest absolute Gasteiger partial charge is 0.124 e. The topological polar surface area (TPSA) is 21.3 Å². The van der Waals surface area contributed by atoms with Gasteiger partial charge in [0.15, 0.2) is 0 Å². The van der Waals surface area contributed by atoms with Crippen molar-refractivity contribution in [2.24, 2.45) is 0 Å². The summed E-state index contributed by atoms with van der Waals surface area (Å²) in [7, 11) is 0. The molecule has 21 heavy (non-hydrogen) atoms. The SMILES string of the molecule is CCOc1ccccc1C(C)N[C@H](C)c1ccc(Cl)cc1. The van der Waals surface area contributed by atoms with Crippen LogP contribution in [0.1, 0.15) is 44.0 Å². The average Bonchev–Trinajstić information content (AvgIpc) is 2.48. The van der Waals surface area contributed by atoms with Crippen LogP contribution in [0, 0.1) is 0 Å². The largest absolute Gasteiger partial charge is 0.494 e. The van der Waals surface area contributed by atoms with Crippen LogP contribution in [-0.4, -0.2) is 6.61 Å². The van der Waals surface area contributed by atoms with Crippen LogP contribution in [0.2, 0.25) is 5.02 Å². The van der Waals surface area contributed by atoms with E-state index in [9.17, 15) is 0 Å². The Bertz CT molecular complexity index is 568. The fraction of sp³-hybridized carbons (Fsp3) is 0.333. The zero-order valence-electron chi connectivity index (χ0n) is 12.8. The van der Waals surface area contributed by atoms with Crippen LogP contribution in [0.4, 0.5) is 0 Å². The second kappa shape index (κ2) is 7.48. The van der Waals surface area contributed by atoms with E-state index in [2.05, 4.69) is 37.4 Å². The van der Waals surface area contributed by atoms with E-state index in [0.29, 0.717) is 6.61 Å². The highest BCUT2D eigenvalue weighted by atomic mass is 35.5. The summed E-state index contributed by atoms with van der Waals surface area (Å²) in [5, 5.41) is 4.37. The number of ether oxygens (including phenoxy) is 1. The van der Waals surface area contributed by atoms with Gasteiger partial charge < -0.3 is 10.1 Å². The van der Waals surface area contributed by atoms with E-state index in [4.69, 9.17) is 16.3 Å². The lowest BCUT2D eigenvalue weighted by Gasteiger charge is -2.22. The first-order chi connectivity index (χ1) is 10.1. The van der Waals surface area contributed by atoms with Gasteiger partial charge in [0.25, 0.3) is 0 Å². The first-order valence-corrected chi connectivity index (χ1v) is 7.72. The van der Waals surface area contributed by atoms with Gasteiger partial charge in [-0.15, -0.1) is 0 Å². The van der Waals surface area contributed by atoms with Gasteiger partial charge in [0, 0.05) is 22.7 Å². The van der Waals surface area contributed by atoms with E-state index in [1.54, 1.807) is 0 Å². The fourth-order valence-corrected chi connectivity index (χ4v) is 2.56. The minimum Gasteiger partial charge on any atom is -0.494 e. The molecule has 0 amide bonds. The number of para-hydroxylation sites is 1. The standard InChI is InChI=1S/C18H22ClNO/c1-4-21-18-8-6-5-7-17(18)14(3)20-13(2)15-9-11-16(19)12-10-15/h5-14,20H,4H2,1-3H3/t13-,14?/m1/s1. The van der Waals surface area contributed by atoms with E-state index in [1.807, 2.05) is 37.3 Å². The lowest BCUT2D eigenvalue weighted by Crippen LogP contribution is -2.23. The molecule has 0 saturated carbocycles. The van der Waals surface area contributed by atoms with Gasteiger partial charge in [-0.2, -0.15) is 0 Å². The number of rotatable bonds is 6. The van der Waals surface area contributed by atoms with E-state index in [0.717, 1.165) is 10.8 Å². The molecule has 0 saturated heterocycles.